The van der Waals surface area contributed by atoms with Crippen LogP contribution in [0, 0.1) is 5.92 Å². The lowest BCUT2D eigenvalue weighted by atomic mass is 9.91. The third-order valence-electron chi connectivity index (χ3n) is 4.31. The molecule has 4 heteroatoms. The van der Waals surface area contributed by atoms with Crippen LogP contribution in [0.25, 0.3) is 0 Å². The highest BCUT2D eigenvalue weighted by Gasteiger charge is 2.32. The van der Waals surface area contributed by atoms with Gasteiger partial charge in [-0.2, -0.15) is 0 Å². The van der Waals surface area contributed by atoms with Gasteiger partial charge in [0.2, 0.25) is 0 Å². The Kier molecular flexibility index (Phi) is 4.66. The fourth-order valence-corrected chi connectivity index (χ4v) is 2.87. The Labute approximate surface area is 125 Å². The third kappa shape index (κ3) is 3.43. The lowest BCUT2D eigenvalue weighted by molar-refractivity contribution is -0.143. The van der Waals surface area contributed by atoms with Crippen LogP contribution in [0.4, 0.5) is 0 Å². The lowest BCUT2D eigenvalue weighted by Gasteiger charge is -2.36. The maximum atomic E-state index is 12.5. The Bertz CT molecular complexity index is 521. The molecule has 0 radical (unpaired) electrons. The standard InChI is InChI=1S/C17H23NO3/c1-11(2)13-4-6-14(7-5-13)16(19)18-9-8-15(17(20)21)10-12(18)3/h4-7,11-12,15H,8-10H2,1-3H3,(H,20,21). The van der Waals surface area contributed by atoms with Gasteiger partial charge in [-0.3, -0.25) is 9.59 Å². The molecule has 2 atom stereocenters. The van der Waals surface area contributed by atoms with Gasteiger partial charge in [-0.15, -0.1) is 0 Å². The van der Waals surface area contributed by atoms with Gasteiger partial charge in [-0.25, -0.2) is 0 Å². The highest BCUT2D eigenvalue weighted by Crippen LogP contribution is 2.25. The number of aliphatic carboxylic acids is 1. The second-order valence-electron chi connectivity index (χ2n) is 6.18. The van der Waals surface area contributed by atoms with Crippen molar-refractivity contribution in [3.05, 3.63) is 35.4 Å². The Morgan fingerprint density at radius 1 is 1.24 bits per heavy atom. The van der Waals surface area contributed by atoms with Crippen LogP contribution in [0.2, 0.25) is 0 Å². The zero-order chi connectivity index (χ0) is 15.6. The molecule has 2 unspecified atom stereocenters. The molecule has 1 aromatic rings. The Hall–Kier alpha value is -1.84. The number of amides is 1. The SMILES string of the molecule is CC(C)c1ccc(C(=O)N2CCC(C(=O)O)CC2C)cc1. The van der Waals surface area contributed by atoms with Crippen molar-refractivity contribution in [2.45, 2.75) is 45.6 Å². The molecule has 1 aliphatic heterocycles. The molecule has 0 bridgehead atoms. The highest BCUT2D eigenvalue weighted by atomic mass is 16.4. The molecule has 0 spiro atoms. The molecule has 1 heterocycles. The first kappa shape index (κ1) is 15.5. The first-order valence-electron chi connectivity index (χ1n) is 7.54. The summed E-state index contributed by atoms with van der Waals surface area (Å²) in [7, 11) is 0. The predicted octanol–water partition coefficient (Wildman–Crippen LogP) is 3.14. The molecule has 1 amide bonds. The summed E-state index contributed by atoms with van der Waals surface area (Å²) in [6.45, 7) is 6.68. The normalized spacial score (nSPS) is 22.4. The summed E-state index contributed by atoms with van der Waals surface area (Å²) in [5.74, 6) is -0.636. The molecule has 0 aromatic heterocycles. The van der Waals surface area contributed by atoms with E-state index < -0.39 is 5.97 Å². The molecule has 4 nitrogen and oxygen atoms in total. The van der Waals surface area contributed by atoms with E-state index >= 15 is 0 Å². The van der Waals surface area contributed by atoms with E-state index in [0.29, 0.717) is 30.9 Å². The maximum Gasteiger partial charge on any atom is 0.306 e. The monoisotopic (exact) mass is 289 g/mol. The van der Waals surface area contributed by atoms with E-state index in [0.717, 1.165) is 0 Å². The van der Waals surface area contributed by atoms with Gasteiger partial charge in [0.1, 0.15) is 0 Å². The van der Waals surface area contributed by atoms with Gasteiger partial charge < -0.3 is 10.0 Å². The van der Waals surface area contributed by atoms with E-state index in [-0.39, 0.29) is 17.9 Å². The maximum absolute atomic E-state index is 12.5. The minimum atomic E-state index is -0.754. The fraction of sp³-hybridized carbons (Fsp3) is 0.529. The van der Waals surface area contributed by atoms with Crippen molar-refractivity contribution in [1.82, 2.24) is 4.90 Å². The van der Waals surface area contributed by atoms with E-state index in [1.54, 1.807) is 4.90 Å². The van der Waals surface area contributed by atoms with Gasteiger partial charge in [0.05, 0.1) is 5.92 Å². The van der Waals surface area contributed by atoms with Crippen molar-refractivity contribution in [2.24, 2.45) is 5.92 Å². The topological polar surface area (TPSA) is 57.6 Å². The number of piperidine rings is 1. The number of nitrogens with zero attached hydrogens (tertiary/aromatic N) is 1. The summed E-state index contributed by atoms with van der Waals surface area (Å²) in [5, 5.41) is 9.08. The van der Waals surface area contributed by atoms with Crippen LogP contribution < -0.4 is 0 Å². The molecule has 1 saturated heterocycles. The minimum absolute atomic E-state index is 0.00152. The van der Waals surface area contributed by atoms with Crippen LogP contribution >= 0.6 is 0 Å². The van der Waals surface area contributed by atoms with Gasteiger partial charge in [0.15, 0.2) is 0 Å². The molecular formula is C17H23NO3. The van der Waals surface area contributed by atoms with Crippen LogP contribution in [0.15, 0.2) is 24.3 Å². The summed E-state index contributed by atoms with van der Waals surface area (Å²) >= 11 is 0. The van der Waals surface area contributed by atoms with E-state index in [1.165, 1.54) is 5.56 Å². The molecule has 0 saturated carbocycles. The van der Waals surface area contributed by atoms with Gasteiger partial charge in [0.25, 0.3) is 5.91 Å². The van der Waals surface area contributed by atoms with E-state index in [1.807, 2.05) is 31.2 Å². The number of rotatable bonds is 3. The first-order chi connectivity index (χ1) is 9.90. The summed E-state index contributed by atoms with van der Waals surface area (Å²) in [4.78, 5) is 25.4. The highest BCUT2D eigenvalue weighted by molar-refractivity contribution is 5.94. The molecule has 1 aliphatic rings. The average Bonchev–Trinajstić information content (AvgIpc) is 2.46. The summed E-state index contributed by atoms with van der Waals surface area (Å²) < 4.78 is 0. The molecule has 1 fully saturated rings. The van der Waals surface area contributed by atoms with Crippen molar-refractivity contribution >= 4 is 11.9 Å². The number of carboxylic acids is 1. The Morgan fingerprint density at radius 3 is 2.33 bits per heavy atom. The quantitative estimate of drug-likeness (QED) is 0.930. The Balaban J connectivity index is 2.08. The summed E-state index contributed by atoms with van der Waals surface area (Å²) in [6, 6.07) is 7.69. The van der Waals surface area contributed by atoms with Crippen LogP contribution in [-0.2, 0) is 4.79 Å². The molecular weight excluding hydrogens is 266 g/mol. The molecule has 1 aromatic carbocycles. The van der Waals surface area contributed by atoms with Crippen molar-refractivity contribution < 1.29 is 14.7 Å². The molecule has 2 rings (SSSR count). The van der Waals surface area contributed by atoms with Crippen LogP contribution in [-0.4, -0.2) is 34.5 Å². The summed E-state index contributed by atoms with van der Waals surface area (Å²) in [5.41, 5.74) is 1.89. The third-order valence-corrected chi connectivity index (χ3v) is 4.31. The fourth-order valence-electron chi connectivity index (χ4n) is 2.87. The zero-order valence-corrected chi connectivity index (χ0v) is 12.9. The average molecular weight is 289 g/mol. The van der Waals surface area contributed by atoms with Crippen molar-refractivity contribution in [1.29, 1.82) is 0 Å². The van der Waals surface area contributed by atoms with Crippen LogP contribution in [0.3, 0.4) is 0 Å². The minimum Gasteiger partial charge on any atom is -0.481 e. The van der Waals surface area contributed by atoms with E-state index in [4.69, 9.17) is 5.11 Å². The molecule has 1 N–H and O–H groups in total. The van der Waals surface area contributed by atoms with Crippen molar-refractivity contribution in [2.75, 3.05) is 6.54 Å². The second-order valence-corrected chi connectivity index (χ2v) is 6.18. The molecule has 0 aliphatic carbocycles. The summed E-state index contributed by atoms with van der Waals surface area (Å²) in [6.07, 6.45) is 1.07. The van der Waals surface area contributed by atoms with Gasteiger partial charge in [-0.05, 0) is 43.4 Å². The van der Waals surface area contributed by atoms with Crippen LogP contribution in [0.5, 0.6) is 0 Å². The van der Waals surface area contributed by atoms with Crippen LogP contribution in [0.1, 0.15) is 55.5 Å². The van der Waals surface area contributed by atoms with Gasteiger partial charge >= 0.3 is 5.97 Å². The molecule has 21 heavy (non-hydrogen) atoms. The number of carboxylic acid groups (broad SMARTS) is 1. The lowest BCUT2D eigenvalue weighted by Crippen LogP contribution is -2.46. The number of hydrogen-bond acceptors (Lipinski definition) is 2. The van der Waals surface area contributed by atoms with Gasteiger partial charge in [-0.1, -0.05) is 26.0 Å². The second kappa shape index (κ2) is 6.29. The van der Waals surface area contributed by atoms with E-state index in [9.17, 15) is 9.59 Å². The number of hydrogen-bond donors (Lipinski definition) is 1. The molecule has 114 valence electrons. The van der Waals surface area contributed by atoms with E-state index in [2.05, 4.69) is 13.8 Å². The zero-order valence-electron chi connectivity index (χ0n) is 12.9. The number of likely N-dealkylation sites (tertiary alicyclic amines) is 1. The largest absolute Gasteiger partial charge is 0.481 e. The Morgan fingerprint density at radius 2 is 1.86 bits per heavy atom. The van der Waals surface area contributed by atoms with Crippen molar-refractivity contribution in [3.8, 4) is 0 Å². The van der Waals surface area contributed by atoms with Crippen molar-refractivity contribution in [3.63, 3.8) is 0 Å². The number of carbonyl (C=O) groups is 2. The number of carbonyl (C=O) groups excluding carboxylic acids is 1. The smallest absolute Gasteiger partial charge is 0.306 e. The van der Waals surface area contributed by atoms with Gasteiger partial charge in [0, 0.05) is 18.2 Å². The predicted molar refractivity (Wildman–Crippen MR) is 81.4 cm³/mol. The first-order valence-corrected chi connectivity index (χ1v) is 7.54. The number of benzene rings is 1.